The molecule has 2 aromatic heterocycles. The lowest BCUT2D eigenvalue weighted by Crippen LogP contribution is -2.19. The Morgan fingerprint density at radius 3 is 2.81 bits per heavy atom. The number of nitrogens with one attached hydrogen (secondary N) is 2. The highest BCUT2D eigenvalue weighted by molar-refractivity contribution is 5.95. The van der Waals surface area contributed by atoms with Gasteiger partial charge in [0.05, 0.1) is 23.5 Å². The fourth-order valence-electron chi connectivity index (χ4n) is 3.40. The van der Waals surface area contributed by atoms with E-state index in [1.165, 1.54) is 24.7 Å². The molecule has 0 aliphatic carbocycles. The molecule has 2 aromatic carbocycles. The number of hydrogen-bond acceptors (Lipinski definition) is 6. The predicted molar refractivity (Wildman–Crippen MR) is 91.6 cm³/mol. The van der Waals surface area contributed by atoms with Gasteiger partial charge < -0.3 is 0 Å². The van der Waals surface area contributed by atoms with Crippen molar-refractivity contribution in [2.45, 2.75) is 12.0 Å². The Bertz CT molecular complexity index is 1070. The Labute approximate surface area is 147 Å². The van der Waals surface area contributed by atoms with Crippen molar-refractivity contribution in [2.24, 2.45) is 0 Å². The van der Waals surface area contributed by atoms with E-state index in [4.69, 9.17) is 4.84 Å². The summed E-state index contributed by atoms with van der Waals surface area (Å²) < 4.78 is 14.0. The lowest BCUT2D eigenvalue weighted by Gasteiger charge is -2.23. The van der Waals surface area contributed by atoms with Crippen LogP contribution in [0.3, 0.4) is 0 Å². The van der Waals surface area contributed by atoms with Gasteiger partial charge in [0.1, 0.15) is 24.1 Å². The van der Waals surface area contributed by atoms with Gasteiger partial charge in [-0.05, 0) is 17.7 Å². The largest absolute Gasteiger partial charge is 0.267 e. The van der Waals surface area contributed by atoms with Crippen LogP contribution in [0.1, 0.15) is 29.1 Å². The Morgan fingerprint density at radius 2 is 2.00 bits per heavy atom. The second-order valence-corrected chi connectivity index (χ2v) is 6.05. The highest BCUT2D eigenvalue weighted by Crippen LogP contribution is 2.44. The summed E-state index contributed by atoms with van der Waals surface area (Å²) in [6.45, 7) is 0. The third-order valence-electron chi connectivity index (χ3n) is 4.50. The molecule has 0 fully saturated rings. The van der Waals surface area contributed by atoms with Crippen LogP contribution in [-0.2, 0) is 4.84 Å². The molecule has 5 rings (SSSR count). The summed E-state index contributed by atoms with van der Waals surface area (Å²) in [5.41, 5.74) is 4.98. The molecule has 0 radical (unpaired) electrons. The highest BCUT2D eigenvalue weighted by atomic mass is 19.1. The molecule has 0 saturated carbocycles. The Hall–Kier alpha value is -3.39. The maximum absolute atomic E-state index is 14.0. The zero-order valence-electron chi connectivity index (χ0n) is 13.4. The minimum atomic E-state index is -0.459. The maximum atomic E-state index is 14.0. The topological polar surface area (TPSA) is 88.6 Å². The van der Waals surface area contributed by atoms with Gasteiger partial charge in [0.15, 0.2) is 0 Å². The van der Waals surface area contributed by atoms with Crippen LogP contribution in [0, 0.1) is 5.82 Å². The van der Waals surface area contributed by atoms with Gasteiger partial charge in [-0.15, -0.1) is 0 Å². The zero-order valence-corrected chi connectivity index (χ0v) is 13.4. The van der Waals surface area contributed by atoms with E-state index in [2.05, 4.69) is 30.9 Å². The van der Waals surface area contributed by atoms with E-state index in [-0.39, 0.29) is 5.82 Å². The van der Waals surface area contributed by atoms with Crippen molar-refractivity contribution < 1.29 is 9.23 Å². The molecule has 128 valence electrons. The Balaban J connectivity index is 1.79. The van der Waals surface area contributed by atoms with Crippen LogP contribution in [0.15, 0.2) is 55.0 Å². The number of H-pyrrole nitrogens is 1. The molecule has 1 aliphatic heterocycles. The molecule has 26 heavy (non-hydrogen) atoms. The molecule has 0 spiro atoms. The van der Waals surface area contributed by atoms with Gasteiger partial charge in [0.25, 0.3) is 0 Å². The normalized spacial score (nSPS) is 19.1. The molecule has 4 aromatic rings. The molecule has 0 bridgehead atoms. The van der Waals surface area contributed by atoms with Crippen LogP contribution in [0.25, 0.3) is 10.8 Å². The van der Waals surface area contributed by atoms with Crippen molar-refractivity contribution in [3.05, 3.63) is 77.9 Å². The van der Waals surface area contributed by atoms with Gasteiger partial charge in [0, 0.05) is 10.8 Å². The molecule has 2 atom stereocenters. The van der Waals surface area contributed by atoms with Crippen LogP contribution in [0.4, 0.5) is 10.1 Å². The molecule has 0 saturated heterocycles. The standard InChI is InChI=1S/C18H13FN6O/c19-12-6-11-8-21-23-16-14(11)13(7-12)25-26-17(10-4-2-1-3-5-10)15(16)18-20-9-22-24-18/h1-9,15,17,25H,(H,20,22,24). The summed E-state index contributed by atoms with van der Waals surface area (Å²) in [6, 6.07) is 12.5. The van der Waals surface area contributed by atoms with Gasteiger partial charge >= 0.3 is 0 Å². The van der Waals surface area contributed by atoms with Crippen molar-refractivity contribution in [1.29, 1.82) is 0 Å². The summed E-state index contributed by atoms with van der Waals surface area (Å²) in [5.74, 6) is -0.174. The van der Waals surface area contributed by atoms with Gasteiger partial charge in [-0.3, -0.25) is 15.4 Å². The van der Waals surface area contributed by atoms with E-state index in [9.17, 15) is 4.39 Å². The average molecular weight is 348 g/mol. The molecular weight excluding hydrogens is 335 g/mol. The number of rotatable bonds is 2. The number of hydrogen-bond donors (Lipinski definition) is 2. The van der Waals surface area contributed by atoms with Crippen molar-refractivity contribution in [1.82, 2.24) is 25.4 Å². The van der Waals surface area contributed by atoms with Crippen LogP contribution in [0.5, 0.6) is 0 Å². The minimum absolute atomic E-state index is 0.378. The Morgan fingerprint density at radius 1 is 1.12 bits per heavy atom. The van der Waals surface area contributed by atoms with E-state index in [1.807, 2.05) is 30.3 Å². The second kappa shape index (κ2) is 5.85. The molecule has 3 heterocycles. The third-order valence-corrected chi connectivity index (χ3v) is 4.50. The molecule has 2 unspecified atom stereocenters. The summed E-state index contributed by atoms with van der Waals surface area (Å²) in [7, 11) is 0. The van der Waals surface area contributed by atoms with E-state index >= 15 is 0 Å². The third kappa shape index (κ3) is 2.31. The van der Waals surface area contributed by atoms with Gasteiger partial charge in [0.2, 0.25) is 0 Å². The van der Waals surface area contributed by atoms with Crippen molar-refractivity contribution >= 4 is 16.5 Å². The number of halogens is 1. The number of benzene rings is 2. The number of aromatic nitrogens is 5. The number of nitrogens with zero attached hydrogens (tertiary/aromatic N) is 4. The van der Waals surface area contributed by atoms with Gasteiger partial charge in [-0.25, -0.2) is 9.37 Å². The molecule has 7 nitrogen and oxygen atoms in total. The summed E-state index contributed by atoms with van der Waals surface area (Å²) >= 11 is 0. The molecular formula is C18H13FN6O. The SMILES string of the molecule is Fc1cc2c3c(nncc3c1)C(c1ncn[nH]1)C(c1ccccc1)ON2. The van der Waals surface area contributed by atoms with E-state index in [1.54, 1.807) is 0 Å². The lowest BCUT2D eigenvalue weighted by molar-refractivity contribution is 0.0859. The first-order valence-electron chi connectivity index (χ1n) is 8.08. The average Bonchev–Trinajstić information content (AvgIpc) is 3.13. The van der Waals surface area contributed by atoms with Gasteiger partial charge in [-0.2, -0.15) is 15.3 Å². The summed E-state index contributed by atoms with van der Waals surface area (Å²) in [5, 5.41) is 16.7. The quantitative estimate of drug-likeness (QED) is 0.579. The summed E-state index contributed by atoms with van der Waals surface area (Å²) in [6.07, 6.45) is 2.52. The Kier molecular flexibility index (Phi) is 3.36. The van der Waals surface area contributed by atoms with Gasteiger partial charge in [-0.1, -0.05) is 30.3 Å². The van der Waals surface area contributed by atoms with Crippen molar-refractivity contribution in [2.75, 3.05) is 5.48 Å². The first-order chi connectivity index (χ1) is 12.8. The second-order valence-electron chi connectivity index (χ2n) is 6.05. The fraction of sp³-hybridized carbons (Fsp3) is 0.111. The minimum Gasteiger partial charge on any atom is -0.267 e. The van der Waals surface area contributed by atoms with E-state index in [0.29, 0.717) is 22.6 Å². The van der Waals surface area contributed by atoms with E-state index < -0.39 is 12.0 Å². The lowest BCUT2D eigenvalue weighted by atomic mass is 9.89. The smallest absolute Gasteiger partial charge is 0.137 e. The number of aromatic amines is 1. The highest BCUT2D eigenvalue weighted by Gasteiger charge is 2.36. The first-order valence-corrected chi connectivity index (χ1v) is 8.08. The molecule has 8 heteroatoms. The predicted octanol–water partition coefficient (Wildman–Crippen LogP) is 3.12. The van der Waals surface area contributed by atoms with Crippen LogP contribution < -0.4 is 5.48 Å². The van der Waals surface area contributed by atoms with Crippen molar-refractivity contribution in [3.8, 4) is 0 Å². The number of anilines is 1. The maximum Gasteiger partial charge on any atom is 0.137 e. The zero-order chi connectivity index (χ0) is 17.5. The summed E-state index contributed by atoms with van der Waals surface area (Å²) in [4.78, 5) is 10.3. The van der Waals surface area contributed by atoms with Crippen LogP contribution in [-0.4, -0.2) is 25.4 Å². The molecule has 1 aliphatic rings. The fourth-order valence-corrected chi connectivity index (χ4v) is 3.40. The van der Waals surface area contributed by atoms with E-state index in [0.717, 1.165) is 10.9 Å². The molecule has 2 N–H and O–H groups in total. The van der Waals surface area contributed by atoms with Crippen LogP contribution >= 0.6 is 0 Å². The first kappa shape index (κ1) is 14.9. The van der Waals surface area contributed by atoms with Crippen molar-refractivity contribution in [3.63, 3.8) is 0 Å². The van der Waals surface area contributed by atoms with Crippen LogP contribution in [0.2, 0.25) is 0 Å². The monoisotopic (exact) mass is 348 g/mol. The molecule has 0 amide bonds.